The molecule has 0 unspecified atom stereocenters. The summed E-state index contributed by atoms with van der Waals surface area (Å²) in [5.41, 5.74) is 1.10. The summed E-state index contributed by atoms with van der Waals surface area (Å²) in [7, 11) is 0. The predicted molar refractivity (Wildman–Crippen MR) is 60.3 cm³/mol. The van der Waals surface area contributed by atoms with Crippen molar-refractivity contribution in [1.82, 2.24) is 4.98 Å². The molecule has 1 heterocycles. The summed E-state index contributed by atoms with van der Waals surface area (Å²) in [6.45, 7) is 0. The fraction of sp³-hybridized carbons (Fsp3) is 0. The van der Waals surface area contributed by atoms with Gasteiger partial charge in [0.05, 0.1) is 0 Å². The zero-order chi connectivity index (χ0) is 9.26. The Morgan fingerprint density at radius 3 is 2.46 bits per heavy atom. The number of halogens is 2. The Morgan fingerprint density at radius 2 is 1.92 bits per heavy atom. The Bertz CT molecular complexity index is 393. The van der Waals surface area contributed by atoms with E-state index in [2.05, 4.69) is 20.9 Å². The first-order valence-corrected chi connectivity index (χ1v) is 5.63. The van der Waals surface area contributed by atoms with E-state index in [0.717, 1.165) is 14.4 Å². The van der Waals surface area contributed by atoms with E-state index in [1.165, 1.54) is 0 Å². The Kier molecular flexibility index (Phi) is 2.67. The van der Waals surface area contributed by atoms with Gasteiger partial charge in [0.25, 0.3) is 0 Å². The van der Waals surface area contributed by atoms with Crippen molar-refractivity contribution in [2.45, 2.75) is 0 Å². The lowest BCUT2D eigenvalue weighted by Gasteiger charge is -1.92. The average Bonchev–Trinajstić information content (AvgIpc) is 2.49. The van der Waals surface area contributed by atoms with Crippen LogP contribution in [0.25, 0.3) is 10.6 Å². The number of thiazole rings is 1. The van der Waals surface area contributed by atoms with Gasteiger partial charge in [-0.15, -0.1) is 11.3 Å². The molecule has 0 aliphatic rings. The third kappa shape index (κ3) is 1.93. The van der Waals surface area contributed by atoms with Crippen molar-refractivity contribution >= 4 is 38.9 Å². The average molecular weight is 275 g/mol. The van der Waals surface area contributed by atoms with Crippen LogP contribution in [0.3, 0.4) is 0 Å². The highest BCUT2D eigenvalue weighted by molar-refractivity contribution is 9.11. The zero-order valence-electron chi connectivity index (χ0n) is 6.50. The number of rotatable bonds is 1. The van der Waals surface area contributed by atoms with Gasteiger partial charge in [-0.25, -0.2) is 4.98 Å². The van der Waals surface area contributed by atoms with Gasteiger partial charge < -0.3 is 0 Å². The molecule has 1 nitrogen and oxygen atoms in total. The number of benzene rings is 1. The van der Waals surface area contributed by atoms with Gasteiger partial charge in [0.15, 0.2) is 5.15 Å². The van der Waals surface area contributed by atoms with Crippen LogP contribution < -0.4 is 0 Å². The van der Waals surface area contributed by atoms with Crippen molar-refractivity contribution < 1.29 is 0 Å². The van der Waals surface area contributed by atoms with Crippen molar-refractivity contribution in [3.8, 4) is 10.6 Å². The van der Waals surface area contributed by atoms with Gasteiger partial charge in [-0.3, -0.25) is 0 Å². The van der Waals surface area contributed by atoms with Crippen LogP contribution in [-0.2, 0) is 0 Å². The first-order valence-electron chi connectivity index (χ1n) is 3.64. The molecule has 1 aromatic carbocycles. The zero-order valence-corrected chi connectivity index (χ0v) is 9.66. The second-order valence-corrected chi connectivity index (χ2v) is 5.12. The van der Waals surface area contributed by atoms with Crippen molar-refractivity contribution in [2.24, 2.45) is 0 Å². The second kappa shape index (κ2) is 3.78. The molecule has 0 aliphatic heterocycles. The van der Waals surface area contributed by atoms with Crippen LogP contribution in [0, 0.1) is 0 Å². The Hall–Kier alpha value is -0.380. The van der Waals surface area contributed by atoms with Gasteiger partial charge in [-0.2, -0.15) is 0 Å². The summed E-state index contributed by atoms with van der Waals surface area (Å²) in [4.78, 5) is 4.22. The summed E-state index contributed by atoms with van der Waals surface area (Å²) >= 11 is 10.7. The molecule has 0 amide bonds. The van der Waals surface area contributed by atoms with Crippen LogP contribution >= 0.6 is 38.9 Å². The highest BCUT2D eigenvalue weighted by Crippen LogP contribution is 2.34. The van der Waals surface area contributed by atoms with Crippen LogP contribution in [0.15, 0.2) is 34.1 Å². The molecule has 0 atom stereocenters. The highest BCUT2D eigenvalue weighted by Gasteiger charge is 2.07. The monoisotopic (exact) mass is 273 g/mol. The van der Waals surface area contributed by atoms with Gasteiger partial charge in [0.2, 0.25) is 0 Å². The van der Waals surface area contributed by atoms with E-state index < -0.39 is 0 Å². The normalized spacial score (nSPS) is 10.3. The van der Waals surface area contributed by atoms with Gasteiger partial charge in [-0.05, 0) is 15.9 Å². The molecule has 2 aromatic rings. The number of hydrogen-bond acceptors (Lipinski definition) is 2. The summed E-state index contributed by atoms with van der Waals surface area (Å²) in [5, 5.41) is 1.47. The van der Waals surface area contributed by atoms with Crippen molar-refractivity contribution in [1.29, 1.82) is 0 Å². The van der Waals surface area contributed by atoms with Crippen LogP contribution in [-0.4, -0.2) is 4.98 Å². The molecule has 0 saturated carbocycles. The Morgan fingerprint density at radius 1 is 1.23 bits per heavy atom. The topological polar surface area (TPSA) is 12.9 Å². The number of hydrogen-bond donors (Lipinski definition) is 0. The molecule has 0 fully saturated rings. The molecule has 0 radical (unpaired) electrons. The van der Waals surface area contributed by atoms with E-state index in [9.17, 15) is 0 Å². The minimum absolute atomic E-state index is 0.531. The van der Waals surface area contributed by atoms with E-state index >= 15 is 0 Å². The van der Waals surface area contributed by atoms with E-state index in [-0.39, 0.29) is 0 Å². The summed E-state index contributed by atoms with van der Waals surface area (Å²) in [5.74, 6) is 0. The van der Waals surface area contributed by atoms with E-state index in [4.69, 9.17) is 11.6 Å². The highest BCUT2D eigenvalue weighted by atomic mass is 79.9. The SMILES string of the molecule is Clc1nc(-c2ccccc2)sc1Br. The summed E-state index contributed by atoms with van der Waals surface area (Å²) in [6.07, 6.45) is 0. The van der Waals surface area contributed by atoms with Gasteiger partial charge in [0.1, 0.15) is 8.79 Å². The van der Waals surface area contributed by atoms with Crippen molar-refractivity contribution in [3.63, 3.8) is 0 Å². The molecule has 66 valence electrons. The Balaban J connectivity index is 2.48. The third-order valence-corrected chi connectivity index (χ3v) is 3.94. The fourth-order valence-electron chi connectivity index (χ4n) is 0.987. The minimum atomic E-state index is 0.531. The third-order valence-electron chi connectivity index (χ3n) is 1.57. The molecule has 0 aliphatic carbocycles. The first-order chi connectivity index (χ1) is 6.27. The molecule has 0 saturated heterocycles. The number of nitrogens with zero attached hydrogens (tertiary/aromatic N) is 1. The summed E-state index contributed by atoms with van der Waals surface area (Å²) < 4.78 is 0.882. The maximum atomic E-state index is 5.83. The lowest BCUT2D eigenvalue weighted by molar-refractivity contribution is 1.40. The van der Waals surface area contributed by atoms with Gasteiger partial charge in [-0.1, -0.05) is 41.9 Å². The molecule has 0 N–H and O–H groups in total. The molecule has 13 heavy (non-hydrogen) atoms. The lowest BCUT2D eigenvalue weighted by Crippen LogP contribution is -1.72. The van der Waals surface area contributed by atoms with Crippen LogP contribution in [0.5, 0.6) is 0 Å². The smallest absolute Gasteiger partial charge is 0.155 e. The predicted octanol–water partition coefficient (Wildman–Crippen LogP) is 4.23. The van der Waals surface area contributed by atoms with Gasteiger partial charge in [0, 0.05) is 5.56 Å². The molecule has 0 bridgehead atoms. The van der Waals surface area contributed by atoms with E-state index in [1.54, 1.807) is 11.3 Å². The second-order valence-electron chi connectivity index (χ2n) is 2.45. The number of aromatic nitrogens is 1. The van der Waals surface area contributed by atoms with Crippen LogP contribution in [0.1, 0.15) is 0 Å². The van der Waals surface area contributed by atoms with Crippen molar-refractivity contribution in [3.05, 3.63) is 39.3 Å². The standard InChI is InChI=1S/C9H5BrClNS/c10-7-8(11)12-9(13-7)6-4-2-1-3-5-6/h1-5H. The van der Waals surface area contributed by atoms with E-state index in [1.807, 2.05) is 30.3 Å². The maximum Gasteiger partial charge on any atom is 0.155 e. The molecular weight excluding hydrogens is 270 g/mol. The molecular formula is C9H5BrClNS. The summed E-state index contributed by atoms with van der Waals surface area (Å²) in [6, 6.07) is 9.98. The molecule has 2 rings (SSSR count). The molecule has 1 aromatic heterocycles. The largest absolute Gasteiger partial charge is 0.223 e. The maximum absolute atomic E-state index is 5.83. The van der Waals surface area contributed by atoms with E-state index in [0.29, 0.717) is 5.15 Å². The molecule has 4 heteroatoms. The van der Waals surface area contributed by atoms with Crippen LogP contribution in [0.4, 0.5) is 0 Å². The fourth-order valence-corrected chi connectivity index (χ4v) is 2.48. The molecule has 0 spiro atoms. The van der Waals surface area contributed by atoms with Gasteiger partial charge >= 0.3 is 0 Å². The Labute approximate surface area is 93.5 Å². The van der Waals surface area contributed by atoms with Crippen molar-refractivity contribution in [2.75, 3.05) is 0 Å². The minimum Gasteiger partial charge on any atom is -0.223 e. The first kappa shape index (κ1) is 9.19. The van der Waals surface area contributed by atoms with Crippen LogP contribution in [0.2, 0.25) is 5.15 Å². The lowest BCUT2D eigenvalue weighted by atomic mass is 10.2. The quantitative estimate of drug-likeness (QED) is 0.758.